The molecule has 0 saturated carbocycles. The van der Waals surface area contributed by atoms with E-state index in [9.17, 15) is 4.79 Å². The van der Waals surface area contributed by atoms with E-state index in [0.29, 0.717) is 0 Å². The Balaban J connectivity index is 3.32. The highest BCUT2D eigenvalue weighted by molar-refractivity contribution is 5.78. The van der Waals surface area contributed by atoms with E-state index < -0.39 is 0 Å². The van der Waals surface area contributed by atoms with Crippen LogP contribution in [-0.2, 0) is 9.53 Å². The van der Waals surface area contributed by atoms with Crippen LogP contribution in [0.1, 0.15) is 40.5 Å². The Bertz CT molecular complexity index is 157. The van der Waals surface area contributed by atoms with Gasteiger partial charge in [0.1, 0.15) is 0 Å². The van der Waals surface area contributed by atoms with E-state index in [1.807, 2.05) is 27.7 Å². The summed E-state index contributed by atoms with van der Waals surface area (Å²) in [5.41, 5.74) is 0. The molecule has 0 aliphatic carbocycles. The molecule has 1 unspecified atom stereocenters. The second-order valence-electron chi connectivity index (χ2n) is 3.87. The third kappa shape index (κ3) is 6.89. The van der Waals surface area contributed by atoms with Crippen LogP contribution in [-0.4, -0.2) is 25.2 Å². The van der Waals surface area contributed by atoms with Gasteiger partial charge in [-0.1, -0.05) is 13.8 Å². The van der Waals surface area contributed by atoms with Crippen LogP contribution in [0.5, 0.6) is 0 Å². The summed E-state index contributed by atoms with van der Waals surface area (Å²) in [6, 6.07) is 0. The first-order chi connectivity index (χ1) is 6.57. The van der Waals surface area contributed by atoms with Crippen molar-refractivity contribution in [2.45, 2.75) is 46.6 Å². The highest BCUT2D eigenvalue weighted by Gasteiger charge is 2.08. The van der Waals surface area contributed by atoms with Crippen LogP contribution in [0.15, 0.2) is 0 Å². The van der Waals surface area contributed by atoms with Crippen molar-refractivity contribution in [1.29, 1.82) is 0 Å². The quantitative estimate of drug-likeness (QED) is 0.639. The predicted octanol–water partition coefficient (Wildman–Crippen LogP) is 1.96. The molecule has 0 radical (unpaired) electrons. The molecule has 0 saturated heterocycles. The van der Waals surface area contributed by atoms with Gasteiger partial charge in [-0.25, -0.2) is 0 Å². The van der Waals surface area contributed by atoms with Crippen LogP contribution in [0.4, 0.5) is 0 Å². The SMILES string of the molecule is CCC(C)C(=O)NCCCOC(C)C. The second-order valence-corrected chi connectivity index (χ2v) is 3.87. The predicted molar refractivity (Wildman–Crippen MR) is 58.2 cm³/mol. The Morgan fingerprint density at radius 2 is 2.00 bits per heavy atom. The molecule has 0 aromatic rings. The van der Waals surface area contributed by atoms with Gasteiger partial charge in [-0.3, -0.25) is 4.79 Å². The minimum Gasteiger partial charge on any atom is -0.379 e. The van der Waals surface area contributed by atoms with Gasteiger partial charge in [0.25, 0.3) is 0 Å². The van der Waals surface area contributed by atoms with Gasteiger partial charge in [-0.2, -0.15) is 0 Å². The van der Waals surface area contributed by atoms with Crippen molar-refractivity contribution in [3.8, 4) is 0 Å². The van der Waals surface area contributed by atoms with Crippen LogP contribution in [0.2, 0.25) is 0 Å². The molecule has 0 aromatic heterocycles. The molecule has 1 atom stereocenters. The van der Waals surface area contributed by atoms with Gasteiger partial charge in [0, 0.05) is 19.1 Å². The Labute approximate surface area is 87.2 Å². The van der Waals surface area contributed by atoms with Crippen LogP contribution >= 0.6 is 0 Å². The minimum atomic E-state index is 0.126. The van der Waals surface area contributed by atoms with E-state index in [-0.39, 0.29) is 17.9 Å². The molecule has 1 N–H and O–H groups in total. The lowest BCUT2D eigenvalue weighted by Crippen LogP contribution is -2.30. The topological polar surface area (TPSA) is 38.3 Å². The average molecular weight is 201 g/mol. The van der Waals surface area contributed by atoms with Crippen LogP contribution in [0, 0.1) is 5.92 Å². The summed E-state index contributed by atoms with van der Waals surface area (Å²) in [7, 11) is 0. The fourth-order valence-electron chi connectivity index (χ4n) is 0.962. The first kappa shape index (κ1) is 13.4. The number of hydrogen-bond donors (Lipinski definition) is 1. The minimum absolute atomic E-state index is 0.126. The van der Waals surface area contributed by atoms with E-state index in [4.69, 9.17) is 4.74 Å². The number of amides is 1. The molecular formula is C11H23NO2. The highest BCUT2D eigenvalue weighted by Crippen LogP contribution is 1.99. The lowest BCUT2D eigenvalue weighted by Gasteiger charge is -2.10. The van der Waals surface area contributed by atoms with Crippen molar-refractivity contribution in [3.63, 3.8) is 0 Å². The molecule has 0 fully saturated rings. The number of ether oxygens (including phenoxy) is 1. The maximum atomic E-state index is 11.3. The van der Waals surface area contributed by atoms with Gasteiger partial charge in [0.2, 0.25) is 5.91 Å². The van der Waals surface area contributed by atoms with Crippen molar-refractivity contribution in [2.75, 3.05) is 13.2 Å². The summed E-state index contributed by atoms with van der Waals surface area (Å²) in [6.07, 6.45) is 2.06. The molecule has 0 bridgehead atoms. The van der Waals surface area contributed by atoms with Gasteiger partial charge in [-0.15, -0.1) is 0 Å². The Kier molecular flexibility index (Phi) is 7.48. The van der Waals surface area contributed by atoms with Crippen molar-refractivity contribution < 1.29 is 9.53 Å². The normalized spacial score (nSPS) is 12.9. The summed E-state index contributed by atoms with van der Waals surface area (Å²) in [5, 5.41) is 2.89. The van der Waals surface area contributed by atoms with Gasteiger partial charge >= 0.3 is 0 Å². The van der Waals surface area contributed by atoms with Gasteiger partial charge in [0.05, 0.1) is 6.10 Å². The molecule has 3 heteroatoms. The maximum Gasteiger partial charge on any atom is 0.222 e. The molecular weight excluding hydrogens is 178 g/mol. The third-order valence-corrected chi connectivity index (χ3v) is 2.13. The zero-order valence-corrected chi connectivity index (χ0v) is 9.80. The maximum absolute atomic E-state index is 11.3. The van der Waals surface area contributed by atoms with Gasteiger partial charge in [0.15, 0.2) is 0 Å². The Morgan fingerprint density at radius 3 is 2.50 bits per heavy atom. The summed E-state index contributed by atoms with van der Waals surface area (Å²) in [5.74, 6) is 0.276. The molecule has 0 aliphatic heterocycles. The third-order valence-electron chi connectivity index (χ3n) is 2.13. The number of rotatable bonds is 7. The molecule has 0 spiro atoms. The van der Waals surface area contributed by atoms with Crippen LogP contribution < -0.4 is 5.32 Å². The largest absolute Gasteiger partial charge is 0.379 e. The van der Waals surface area contributed by atoms with E-state index in [2.05, 4.69) is 5.32 Å². The van der Waals surface area contributed by atoms with Crippen molar-refractivity contribution in [3.05, 3.63) is 0 Å². The molecule has 0 rings (SSSR count). The molecule has 0 heterocycles. The molecule has 84 valence electrons. The fraction of sp³-hybridized carbons (Fsp3) is 0.909. The van der Waals surface area contributed by atoms with E-state index in [1.165, 1.54) is 0 Å². The Hall–Kier alpha value is -0.570. The molecule has 14 heavy (non-hydrogen) atoms. The summed E-state index contributed by atoms with van der Waals surface area (Å²) >= 11 is 0. The summed E-state index contributed by atoms with van der Waals surface area (Å²) in [6.45, 7) is 9.43. The number of nitrogens with one attached hydrogen (secondary N) is 1. The average Bonchev–Trinajstić information content (AvgIpc) is 2.15. The summed E-state index contributed by atoms with van der Waals surface area (Å²) in [4.78, 5) is 11.3. The first-order valence-corrected chi connectivity index (χ1v) is 5.47. The van der Waals surface area contributed by atoms with Crippen molar-refractivity contribution >= 4 is 5.91 Å². The highest BCUT2D eigenvalue weighted by atomic mass is 16.5. The van der Waals surface area contributed by atoms with E-state index >= 15 is 0 Å². The van der Waals surface area contributed by atoms with E-state index in [0.717, 1.165) is 26.0 Å². The Morgan fingerprint density at radius 1 is 1.36 bits per heavy atom. The van der Waals surface area contributed by atoms with Crippen LogP contribution in [0.3, 0.4) is 0 Å². The zero-order chi connectivity index (χ0) is 11.0. The number of hydrogen-bond acceptors (Lipinski definition) is 2. The lowest BCUT2D eigenvalue weighted by molar-refractivity contribution is -0.124. The first-order valence-electron chi connectivity index (χ1n) is 5.47. The monoisotopic (exact) mass is 201 g/mol. The number of carbonyl (C=O) groups excluding carboxylic acids is 1. The number of carbonyl (C=O) groups is 1. The lowest BCUT2D eigenvalue weighted by atomic mass is 10.1. The molecule has 0 aliphatic rings. The van der Waals surface area contributed by atoms with Crippen LogP contribution in [0.25, 0.3) is 0 Å². The molecule has 1 amide bonds. The van der Waals surface area contributed by atoms with Gasteiger partial charge in [-0.05, 0) is 26.7 Å². The smallest absolute Gasteiger partial charge is 0.222 e. The zero-order valence-electron chi connectivity index (χ0n) is 9.80. The second kappa shape index (κ2) is 7.80. The standard InChI is InChI=1S/C11H23NO2/c1-5-10(4)11(13)12-7-6-8-14-9(2)3/h9-10H,5-8H2,1-4H3,(H,12,13). The summed E-state index contributed by atoms with van der Waals surface area (Å²) < 4.78 is 5.36. The fourth-order valence-corrected chi connectivity index (χ4v) is 0.962. The molecule has 0 aromatic carbocycles. The van der Waals surface area contributed by atoms with Crippen molar-refractivity contribution in [1.82, 2.24) is 5.32 Å². The van der Waals surface area contributed by atoms with Gasteiger partial charge < -0.3 is 10.1 Å². The molecule has 3 nitrogen and oxygen atoms in total. The van der Waals surface area contributed by atoms with Crippen molar-refractivity contribution in [2.24, 2.45) is 5.92 Å². The van der Waals surface area contributed by atoms with E-state index in [1.54, 1.807) is 0 Å².